The average Bonchev–Trinajstić information content (AvgIpc) is 3.03. The lowest BCUT2D eigenvalue weighted by Gasteiger charge is -2.12. The molecule has 0 bridgehead atoms. The molecule has 0 radical (unpaired) electrons. The van der Waals surface area contributed by atoms with Crippen molar-refractivity contribution in [3.05, 3.63) is 54.2 Å². The highest BCUT2D eigenvalue weighted by molar-refractivity contribution is 5.94. The topological polar surface area (TPSA) is 69.0 Å². The van der Waals surface area contributed by atoms with Gasteiger partial charge in [-0.1, -0.05) is 30.3 Å². The van der Waals surface area contributed by atoms with Gasteiger partial charge in [0.1, 0.15) is 0 Å². The van der Waals surface area contributed by atoms with Crippen LogP contribution in [-0.4, -0.2) is 34.9 Å². The molecule has 1 aliphatic heterocycles. The lowest BCUT2D eigenvalue weighted by Crippen LogP contribution is -2.36. The average molecular weight is 292 g/mol. The van der Waals surface area contributed by atoms with E-state index in [4.69, 9.17) is 5.26 Å². The van der Waals surface area contributed by atoms with E-state index in [0.29, 0.717) is 18.7 Å². The fraction of sp³-hybridized carbons (Fsp3) is 0.235. The Morgan fingerprint density at radius 3 is 2.73 bits per heavy atom. The molecular weight excluding hydrogens is 276 g/mol. The Morgan fingerprint density at radius 1 is 1.27 bits per heavy atom. The molecule has 1 atom stereocenters. The fourth-order valence-corrected chi connectivity index (χ4v) is 2.55. The van der Waals surface area contributed by atoms with Crippen LogP contribution in [0.4, 0.5) is 0 Å². The van der Waals surface area contributed by atoms with E-state index in [1.54, 1.807) is 17.2 Å². The Labute approximate surface area is 129 Å². The first kappa shape index (κ1) is 14.1. The van der Waals surface area contributed by atoms with Crippen molar-refractivity contribution in [1.29, 1.82) is 5.26 Å². The van der Waals surface area contributed by atoms with Crippen LogP contribution in [0, 0.1) is 11.5 Å². The van der Waals surface area contributed by atoms with E-state index in [1.165, 1.54) is 0 Å². The van der Waals surface area contributed by atoms with E-state index in [9.17, 15) is 4.79 Å². The van der Waals surface area contributed by atoms with Gasteiger partial charge in [0.25, 0.3) is 5.91 Å². The number of nitriles is 1. The monoisotopic (exact) mass is 292 g/mol. The molecule has 0 spiro atoms. The highest BCUT2D eigenvalue weighted by Gasteiger charge is 2.23. The summed E-state index contributed by atoms with van der Waals surface area (Å²) in [5.41, 5.74) is 2.40. The summed E-state index contributed by atoms with van der Waals surface area (Å²) in [6, 6.07) is 13.5. The van der Waals surface area contributed by atoms with E-state index in [2.05, 4.69) is 16.5 Å². The summed E-state index contributed by atoms with van der Waals surface area (Å²) in [6.45, 7) is 1.28. The number of pyridine rings is 1. The van der Waals surface area contributed by atoms with Crippen LogP contribution in [0.25, 0.3) is 11.3 Å². The molecule has 3 rings (SSSR count). The SMILES string of the molecule is N#CN1CC[C@@H](NC(=O)c2ccc(-c3ccccc3)nc2)C1. The van der Waals surface area contributed by atoms with Crippen LogP contribution in [0.5, 0.6) is 0 Å². The van der Waals surface area contributed by atoms with Crippen LogP contribution < -0.4 is 5.32 Å². The summed E-state index contributed by atoms with van der Waals surface area (Å²) < 4.78 is 0. The minimum absolute atomic E-state index is 0.0287. The maximum atomic E-state index is 12.2. The summed E-state index contributed by atoms with van der Waals surface area (Å²) in [5.74, 6) is -0.142. The molecular formula is C17H16N4O. The van der Waals surface area contributed by atoms with Crippen LogP contribution in [-0.2, 0) is 0 Å². The molecule has 2 aromatic rings. The molecule has 1 fully saturated rings. The zero-order valence-electron chi connectivity index (χ0n) is 12.1. The standard InChI is InChI=1S/C17H16N4O/c18-12-21-9-8-15(11-21)20-17(22)14-6-7-16(19-10-14)13-4-2-1-3-5-13/h1-7,10,15H,8-9,11H2,(H,20,22)/t15-/m1/s1. The van der Waals surface area contributed by atoms with Crippen LogP contribution in [0.3, 0.4) is 0 Å². The first-order valence-electron chi connectivity index (χ1n) is 7.23. The van der Waals surface area contributed by atoms with Crippen molar-refractivity contribution in [2.75, 3.05) is 13.1 Å². The molecule has 5 nitrogen and oxygen atoms in total. The quantitative estimate of drug-likeness (QED) is 0.879. The smallest absolute Gasteiger partial charge is 0.253 e. The fourth-order valence-electron chi connectivity index (χ4n) is 2.55. The Bertz CT molecular complexity index is 691. The van der Waals surface area contributed by atoms with Crippen molar-refractivity contribution in [3.63, 3.8) is 0 Å². The molecule has 1 N–H and O–H groups in total. The maximum Gasteiger partial charge on any atom is 0.253 e. The van der Waals surface area contributed by atoms with Gasteiger partial charge in [-0.15, -0.1) is 0 Å². The maximum absolute atomic E-state index is 12.2. The molecule has 1 aromatic carbocycles. The van der Waals surface area contributed by atoms with Gasteiger partial charge >= 0.3 is 0 Å². The second kappa shape index (κ2) is 6.27. The van der Waals surface area contributed by atoms with Gasteiger partial charge in [-0.25, -0.2) is 0 Å². The molecule has 5 heteroatoms. The summed E-state index contributed by atoms with van der Waals surface area (Å²) in [4.78, 5) is 18.2. The van der Waals surface area contributed by atoms with Gasteiger partial charge in [-0.3, -0.25) is 9.78 Å². The highest BCUT2D eigenvalue weighted by atomic mass is 16.1. The van der Waals surface area contributed by atoms with Crippen molar-refractivity contribution >= 4 is 5.91 Å². The third-order valence-corrected chi connectivity index (χ3v) is 3.76. The number of likely N-dealkylation sites (tertiary alicyclic amines) is 1. The van der Waals surface area contributed by atoms with Crippen LogP contribution >= 0.6 is 0 Å². The van der Waals surface area contributed by atoms with Gasteiger partial charge in [0.2, 0.25) is 0 Å². The summed E-state index contributed by atoms with van der Waals surface area (Å²) >= 11 is 0. The molecule has 0 saturated carbocycles. The lowest BCUT2D eigenvalue weighted by molar-refractivity contribution is 0.0938. The lowest BCUT2D eigenvalue weighted by atomic mass is 10.1. The summed E-state index contributed by atoms with van der Waals surface area (Å²) in [7, 11) is 0. The second-order valence-corrected chi connectivity index (χ2v) is 5.30. The van der Waals surface area contributed by atoms with Gasteiger partial charge < -0.3 is 10.2 Å². The van der Waals surface area contributed by atoms with Crippen molar-refractivity contribution in [2.24, 2.45) is 0 Å². The summed E-state index contributed by atoms with van der Waals surface area (Å²) in [5, 5.41) is 11.8. The van der Waals surface area contributed by atoms with Crippen LogP contribution in [0.15, 0.2) is 48.7 Å². The van der Waals surface area contributed by atoms with Crippen molar-refractivity contribution in [2.45, 2.75) is 12.5 Å². The number of nitrogens with one attached hydrogen (secondary N) is 1. The Kier molecular flexibility index (Phi) is 4.01. The molecule has 1 aliphatic rings. The Morgan fingerprint density at radius 2 is 2.09 bits per heavy atom. The molecule has 1 amide bonds. The minimum Gasteiger partial charge on any atom is -0.347 e. The number of carbonyl (C=O) groups excluding carboxylic acids is 1. The number of hydrogen-bond donors (Lipinski definition) is 1. The number of hydrogen-bond acceptors (Lipinski definition) is 4. The molecule has 22 heavy (non-hydrogen) atoms. The van der Waals surface area contributed by atoms with Crippen LogP contribution in [0.2, 0.25) is 0 Å². The zero-order chi connectivity index (χ0) is 15.4. The predicted octanol–water partition coefficient (Wildman–Crippen LogP) is 2.03. The first-order valence-corrected chi connectivity index (χ1v) is 7.23. The third-order valence-electron chi connectivity index (χ3n) is 3.76. The van der Waals surface area contributed by atoms with Gasteiger partial charge in [-0.2, -0.15) is 5.26 Å². The first-order chi connectivity index (χ1) is 10.8. The Balaban J connectivity index is 1.66. The molecule has 2 heterocycles. The van der Waals surface area contributed by atoms with Crippen LogP contribution in [0.1, 0.15) is 16.8 Å². The zero-order valence-corrected chi connectivity index (χ0v) is 12.1. The van der Waals surface area contributed by atoms with Gasteiger partial charge in [0.05, 0.1) is 11.3 Å². The van der Waals surface area contributed by atoms with E-state index < -0.39 is 0 Å². The Hall–Kier alpha value is -2.87. The number of rotatable bonds is 3. The normalized spacial score (nSPS) is 17.0. The van der Waals surface area contributed by atoms with Crippen molar-refractivity contribution in [1.82, 2.24) is 15.2 Å². The van der Waals surface area contributed by atoms with E-state index in [1.807, 2.05) is 36.4 Å². The van der Waals surface area contributed by atoms with Gasteiger partial charge in [-0.05, 0) is 18.6 Å². The molecule has 1 saturated heterocycles. The van der Waals surface area contributed by atoms with Crippen molar-refractivity contribution in [3.8, 4) is 17.5 Å². The van der Waals surface area contributed by atoms with Gasteiger partial charge in [0.15, 0.2) is 6.19 Å². The second-order valence-electron chi connectivity index (χ2n) is 5.30. The third kappa shape index (κ3) is 3.07. The van der Waals surface area contributed by atoms with Crippen molar-refractivity contribution < 1.29 is 4.79 Å². The minimum atomic E-state index is -0.142. The van der Waals surface area contributed by atoms with E-state index in [-0.39, 0.29) is 11.9 Å². The van der Waals surface area contributed by atoms with E-state index >= 15 is 0 Å². The number of nitrogens with zero attached hydrogens (tertiary/aromatic N) is 3. The molecule has 0 aliphatic carbocycles. The van der Waals surface area contributed by atoms with E-state index in [0.717, 1.165) is 17.7 Å². The summed E-state index contributed by atoms with van der Waals surface area (Å²) in [6.07, 6.45) is 4.49. The number of amides is 1. The molecule has 110 valence electrons. The molecule has 0 unspecified atom stereocenters. The number of carbonyl (C=O) groups is 1. The number of aromatic nitrogens is 1. The highest BCUT2D eigenvalue weighted by Crippen LogP contribution is 2.16. The predicted molar refractivity (Wildman–Crippen MR) is 82.7 cm³/mol. The number of benzene rings is 1. The molecule has 1 aromatic heterocycles. The van der Waals surface area contributed by atoms with Gasteiger partial charge in [0, 0.05) is 30.9 Å². The largest absolute Gasteiger partial charge is 0.347 e.